The molecule has 0 N–H and O–H groups in total. The second-order valence-corrected chi connectivity index (χ2v) is 5.00. The number of ether oxygens (including phenoxy) is 2. The zero-order chi connectivity index (χ0) is 14.1. The second-order valence-electron chi connectivity index (χ2n) is 5.00. The third kappa shape index (κ3) is 1.97. The molecule has 0 aliphatic heterocycles. The Morgan fingerprint density at radius 3 is 2.30 bits per heavy atom. The highest BCUT2D eigenvalue weighted by atomic mass is 16.5. The molecule has 0 aromatic heterocycles. The predicted molar refractivity (Wildman–Crippen MR) is 82.2 cm³/mol. The fourth-order valence-corrected chi connectivity index (χ4v) is 2.87. The van der Waals surface area contributed by atoms with Crippen molar-refractivity contribution in [3.63, 3.8) is 0 Å². The first kappa shape index (κ1) is 12.8. The summed E-state index contributed by atoms with van der Waals surface area (Å²) in [6.07, 6.45) is 0.928. The third-order valence-corrected chi connectivity index (χ3v) is 4.00. The van der Waals surface area contributed by atoms with Crippen LogP contribution in [0.25, 0.3) is 11.1 Å². The van der Waals surface area contributed by atoms with Crippen molar-refractivity contribution in [3.05, 3.63) is 59.2 Å². The molecule has 0 spiro atoms. The summed E-state index contributed by atoms with van der Waals surface area (Å²) in [6.45, 7) is 2.19. The lowest BCUT2D eigenvalue weighted by Crippen LogP contribution is -1.92. The minimum atomic E-state index is 0.889. The smallest absolute Gasteiger partial charge is 0.122 e. The van der Waals surface area contributed by atoms with Gasteiger partial charge in [0.15, 0.2) is 0 Å². The van der Waals surface area contributed by atoms with E-state index in [0.29, 0.717) is 0 Å². The highest BCUT2D eigenvalue weighted by Gasteiger charge is 2.22. The van der Waals surface area contributed by atoms with Gasteiger partial charge in [-0.2, -0.15) is 0 Å². The van der Waals surface area contributed by atoms with Gasteiger partial charge in [-0.05, 0) is 47.4 Å². The van der Waals surface area contributed by atoms with E-state index in [1.165, 1.54) is 27.8 Å². The number of rotatable bonds is 3. The van der Waals surface area contributed by atoms with E-state index in [-0.39, 0.29) is 0 Å². The molecule has 0 saturated carbocycles. The average molecular weight is 266 g/mol. The van der Waals surface area contributed by atoms with Gasteiger partial charge in [0, 0.05) is 12.0 Å². The molecule has 0 unspecified atom stereocenters. The van der Waals surface area contributed by atoms with Crippen molar-refractivity contribution < 1.29 is 9.47 Å². The van der Waals surface area contributed by atoms with Crippen molar-refractivity contribution in [1.29, 1.82) is 0 Å². The lowest BCUT2D eigenvalue weighted by Gasteiger charge is -2.07. The van der Waals surface area contributed by atoms with Gasteiger partial charge in [0.2, 0.25) is 0 Å². The Hall–Kier alpha value is -2.22. The molecule has 0 heterocycles. The van der Waals surface area contributed by atoms with Crippen LogP contribution in [0.5, 0.6) is 11.5 Å². The molecule has 0 bridgehead atoms. The van der Waals surface area contributed by atoms with E-state index in [1.807, 2.05) is 18.2 Å². The van der Waals surface area contributed by atoms with Crippen molar-refractivity contribution in [2.75, 3.05) is 14.2 Å². The Labute approximate surface area is 119 Å². The first-order valence-electron chi connectivity index (χ1n) is 6.75. The van der Waals surface area contributed by atoms with Crippen molar-refractivity contribution in [3.8, 4) is 11.5 Å². The van der Waals surface area contributed by atoms with Crippen molar-refractivity contribution in [1.82, 2.24) is 0 Å². The minimum absolute atomic E-state index is 0.889. The first-order valence-corrected chi connectivity index (χ1v) is 6.75. The average Bonchev–Trinajstić information content (AvgIpc) is 2.85. The van der Waals surface area contributed by atoms with Crippen LogP contribution in [0.3, 0.4) is 0 Å². The van der Waals surface area contributed by atoms with Crippen LogP contribution < -0.4 is 9.47 Å². The summed E-state index contributed by atoms with van der Waals surface area (Å²) in [5.74, 6) is 1.87. The van der Waals surface area contributed by atoms with Gasteiger partial charge in [-0.15, -0.1) is 0 Å². The molecule has 0 atom stereocenters. The van der Waals surface area contributed by atoms with Crippen LogP contribution >= 0.6 is 0 Å². The summed E-state index contributed by atoms with van der Waals surface area (Å²) in [4.78, 5) is 0. The molecular formula is C18H18O2. The van der Waals surface area contributed by atoms with Crippen molar-refractivity contribution >= 4 is 11.1 Å². The molecule has 0 fully saturated rings. The molecule has 0 saturated heterocycles. The van der Waals surface area contributed by atoms with E-state index in [4.69, 9.17) is 9.47 Å². The quantitative estimate of drug-likeness (QED) is 0.829. The van der Waals surface area contributed by atoms with Gasteiger partial charge in [-0.3, -0.25) is 0 Å². The Morgan fingerprint density at radius 1 is 0.900 bits per heavy atom. The third-order valence-electron chi connectivity index (χ3n) is 4.00. The van der Waals surface area contributed by atoms with Gasteiger partial charge in [-0.1, -0.05) is 24.3 Å². The molecule has 3 rings (SSSR count). The number of hydrogen-bond acceptors (Lipinski definition) is 2. The van der Waals surface area contributed by atoms with Crippen LogP contribution in [0.2, 0.25) is 0 Å². The minimum Gasteiger partial charge on any atom is -0.497 e. The summed E-state index contributed by atoms with van der Waals surface area (Å²) < 4.78 is 10.7. The molecule has 20 heavy (non-hydrogen) atoms. The van der Waals surface area contributed by atoms with Gasteiger partial charge >= 0.3 is 0 Å². The lowest BCUT2D eigenvalue weighted by atomic mass is 10.0. The standard InChI is InChI=1S/C18H18O2/c1-12-15-5-4-6-18(20-3)17(15)11-16(12)13-7-9-14(19-2)10-8-13/h4-10H,11H2,1-3H3. The SMILES string of the molecule is COc1ccc(C2=C(C)c3cccc(OC)c3C2)cc1. The molecule has 1 aliphatic rings. The molecule has 2 aromatic carbocycles. The normalized spacial score (nSPS) is 13.3. The maximum atomic E-state index is 5.48. The van der Waals surface area contributed by atoms with Gasteiger partial charge in [-0.25, -0.2) is 0 Å². The van der Waals surface area contributed by atoms with E-state index in [0.717, 1.165) is 17.9 Å². The van der Waals surface area contributed by atoms with Crippen LogP contribution in [0, 0.1) is 0 Å². The molecule has 1 aliphatic carbocycles. The summed E-state index contributed by atoms with van der Waals surface area (Å²) in [5.41, 5.74) is 6.55. The van der Waals surface area contributed by atoms with Gasteiger partial charge in [0.25, 0.3) is 0 Å². The monoisotopic (exact) mass is 266 g/mol. The summed E-state index contributed by atoms with van der Waals surface area (Å²) in [7, 11) is 3.42. The lowest BCUT2D eigenvalue weighted by molar-refractivity contribution is 0.411. The molecule has 0 radical (unpaired) electrons. The molecule has 0 amide bonds. The highest BCUT2D eigenvalue weighted by Crippen LogP contribution is 2.42. The van der Waals surface area contributed by atoms with Crippen LogP contribution in [0.15, 0.2) is 42.5 Å². The Morgan fingerprint density at radius 2 is 1.65 bits per heavy atom. The Kier molecular flexibility index (Phi) is 3.23. The van der Waals surface area contributed by atoms with E-state index in [9.17, 15) is 0 Å². The molecular weight excluding hydrogens is 248 g/mol. The fourth-order valence-electron chi connectivity index (χ4n) is 2.87. The fraction of sp³-hybridized carbons (Fsp3) is 0.222. The number of fused-ring (bicyclic) bond motifs is 1. The van der Waals surface area contributed by atoms with Crippen molar-refractivity contribution in [2.45, 2.75) is 13.3 Å². The zero-order valence-corrected chi connectivity index (χ0v) is 12.1. The zero-order valence-electron chi connectivity index (χ0n) is 12.1. The molecule has 2 aromatic rings. The van der Waals surface area contributed by atoms with E-state index < -0.39 is 0 Å². The summed E-state index contributed by atoms with van der Waals surface area (Å²) in [5, 5.41) is 0. The van der Waals surface area contributed by atoms with Gasteiger partial charge in [0.05, 0.1) is 14.2 Å². The number of benzene rings is 2. The topological polar surface area (TPSA) is 18.5 Å². The van der Waals surface area contributed by atoms with E-state index >= 15 is 0 Å². The van der Waals surface area contributed by atoms with Crippen LogP contribution in [0.4, 0.5) is 0 Å². The first-order chi connectivity index (χ1) is 9.74. The number of hydrogen-bond donors (Lipinski definition) is 0. The van der Waals surface area contributed by atoms with Gasteiger partial charge < -0.3 is 9.47 Å². The predicted octanol–water partition coefficient (Wildman–Crippen LogP) is 4.19. The second kappa shape index (κ2) is 5.04. The summed E-state index contributed by atoms with van der Waals surface area (Å²) in [6, 6.07) is 14.5. The maximum absolute atomic E-state index is 5.48. The maximum Gasteiger partial charge on any atom is 0.122 e. The van der Waals surface area contributed by atoms with E-state index in [2.05, 4.69) is 31.2 Å². The number of methoxy groups -OCH3 is 2. The van der Waals surface area contributed by atoms with Crippen LogP contribution in [-0.2, 0) is 6.42 Å². The van der Waals surface area contributed by atoms with Crippen LogP contribution in [-0.4, -0.2) is 14.2 Å². The van der Waals surface area contributed by atoms with Crippen LogP contribution in [0.1, 0.15) is 23.6 Å². The highest BCUT2D eigenvalue weighted by molar-refractivity contribution is 5.97. The largest absolute Gasteiger partial charge is 0.497 e. The Balaban J connectivity index is 2.02. The van der Waals surface area contributed by atoms with Crippen molar-refractivity contribution in [2.24, 2.45) is 0 Å². The summed E-state index contributed by atoms with van der Waals surface area (Å²) >= 11 is 0. The Bertz CT molecular complexity index is 666. The number of allylic oxidation sites excluding steroid dienone is 2. The molecule has 2 nitrogen and oxygen atoms in total. The van der Waals surface area contributed by atoms with E-state index in [1.54, 1.807) is 14.2 Å². The molecule has 102 valence electrons. The van der Waals surface area contributed by atoms with Gasteiger partial charge in [0.1, 0.15) is 11.5 Å². The molecule has 2 heteroatoms.